The number of anilines is 1. The van der Waals surface area contributed by atoms with Crippen LogP contribution in [0.3, 0.4) is 0 Å². The molecule has 2 aromatic rings. The molecule has 0 saturated carbocycles. The van der Waals surface area contributed by atoms with E-state index < -0.39 is 22.0 Å². The Kier molecular flexibility index (Phi) is 10.1. The summed E-state index contributed by atoms with van der Waals surface area (Å²) in [6.07, 6.45) is 2.88. The van der Waals surface area contributed by atoms with Crippen LogP contribution in [0, 0.1) is 13.8 Å². The molecule has 0 aromatic heterocycles. The Morgan fingerprint density at radius 2 is 1.68 bits per heavy atom. The fourth-order valence-electron chi connectivity index (χ4n) is 3.86. The third-order valence-corrected chi connectivity index (χ3v) is 7.07. The number of carbonyl (C=O) groups excluding carboxylic acids is 2. The van der Waals surface area contributed by atoms with Crippen LogP contribution in [-0.2, 0) is 26.0 Å². The summed E-state index contributed by atoms with van der Waals surface area (Å²) in [6, 6.07) is 14.4. The van der Waals surface area contributed by atoms with Crippen LogP contribution in [0.4, 0.5) is 5.69 Å². The van der Waals surface area contributed by atoms with Crippen molar-refractivity contribution in [3.05, 3.63) is 65.2 Å². The van der Waals surface area contributed by atoms with Gasteiger partial charge in [-0.3, -0.25) is 13.9 Å². The molecule has 1 atom stereocenters. The van der Waals surface area contributed by atoms with Gasteiger partial charge in [0.05, 0.1) is 11.9 Å². The van der Waals surface area contributed by atoms with Crippen LogP contribution in [-0.4, -0.2) is 57.1 Å². The SMILES string of the molecule is CCCNC(=O)C(CC)N(CCc1ccccc1)C(=O)CN(c1cccc(C)c1C)S(C)(=O)=O. The van der Waals surface area contributed by atoms with Gasteiger partial charge in [-0.1, -0.05) is 56.3 Å². The number of hydrogen-bond acceptors (Lipinski definition) is 4. The molecular weight excluding hydrogens is 450 g/mol. The largest absolute Gasteiger partial charge is 0.354 e. The fourth-order valence-corrected chi connectivity index (χ4v) is 4.76. The van der Waals surface area contributed by atoms with Gasteiger partial charge in [-0.25, -0.2) is 8.42 Å². The van der Waals surface area contributed by atoms with E-state index in [2.05, 4.69) is 5.32 Å². The van der Waals surface area contributed by atoms with Crippen LogP contribution in [0.15, 0.2) is 48.5 Å². The normalized spacial score (nSPS) is 12.1. The number of aryl methyl sites for hydroxylation is 1. The second kappa shape index (κ2) is 12.6. The Bertz CT molecular complexity index is 1070. The average molecular weight is 488 g/mol. The van der Waals surface area contributed by atoms with Crippen molar-refractivity contribution in [3.8, 4) is 0 Å². The summed E-state index contributed by atoms with van der Waals surface area (Å²) in [5.41, 5.74) is 3.25. The first kappa shape index (κ1) is 27.4. The minimum Gasteiger partial charge on any atom is -0.354 e. The highest BCUT2D eigenvalue weighted by Crippen LogP contribution is 2.25. The van der Waals surface area contributed by atoms with Crippen molar-refractivity contribution in [2.75, 3.05) is 30.2 Å². The summed E-state index contributed by atoms with van der Waals surface area (Å²) >= 11 is 0. The molecule has 2 amide bonds. The van der Waals surface area contributed by atoms with Gasteiger partial charge in [-0.2, -0.15) is 0 Å². The second-order valence-electron chi connectivity index (χ2n) is 8.53. The van der Waals surface area contributed by atoms with Crippen molar-refractivity contribution in [1.82, 2.24) is 10.2 Å². The molecule has 0 heterocycles. The highest BCUT2D eigenvalue weighted by atomic mass is 32.2. The van der Waals surface area contributed by atoms with Crippen LogP contribution in [0.2, 0.25) is 0 Å². The van der Waals surface area contributed by atoms with Crippen molar-refractivity contribution in [2.24, 2.45) is 0 Å². The van der Waals surface area contributed by atoms with E-state index in [-0.39, 0.29) is 12.5 Å². The number of nitrogens with zero attached hydrogens (tertiary/aromatic N) is 2. The van der Waals surface area contributed by atoms with E-state index in [0.717, 1.165) is 33.7 Å². The van der Waals surface area contributed by atoms with Crippen molar-refractivity contribution in [2.45, 2.75) is 53.0 Å². The maximum atomic E-state index is 13.6. The molecule has 0 aliphatic rings. The molecule has 2 aromatic carbocycles. The topological polar surface area (TPSA) is 86.8 Å². The standard InChI is InChI=1S/C26H37N3O4S/c1-6-17-27-26(31)23(7-2)28(18-16-22-13-9-8-10-14-22)25(30)19-29(34(5,32)33)24-15-11-12-20(3)21(24)4/h8-15,23H,6-7,16-19H2,1-5H3,(H,27,31). The maximum Gasteiger partial charge on any atom is 0.244 e. The first-order chi connectivity index (χ1) is 16.1. The van der Waals surface area contributed by atoms with Crippen LogP contribution in [0.1, 0.15) is 43.4 Å². The summed E-state index contributed by atoms with van der Waals surface area (Å²) in [5.74, 6) is -0.621. The number of nitrogens with one attached hydrogen (secondary N) is 1. The summed E-state index contributed by atoms with van der Waals surface area (Å²) in [6.45, 7) is 8.03. The molecule has 186 valence electrons. The molecule has 1 N–H and O–H groups in total. The van der Waals surface area contributed by atoms with Gasteiger partial charge in [0.1, 0.15) is 12.6 Å². The lowest BCUT2D eigenvalue weighted by molar-refractivity contribution is -0.139. The lowest BCUT2D eigenvalue weighted by Crippen LogP contribution is -2.53. The van der Waals surface area contributed by atoms with Gasteiger partial charge >= 0.3 is 0 Å². The number of carbonyl (C=O) groups is 2. The minimum absolute atomic E-state index is 0.219. The zero-order valence-electron chi connectivity index (χ0n) is 20.9. The number of rotatable bonds is 12. The van der Waals surface area contributed by atoms with Crippen LogP contribution < -0.4 is 9.62 Å². The average Bonchev–Trinajstić information content (AvgIpc) is 2.80. The molecule has 34 heavy (non-hydrogen) atoms. The molecule has 0 aliphatic heterocycles. The van der Waals surface area contributed by atoms with Crippen LogP contribution >= 0.6 is 0 Å². The monoisotopic (exact) mass is 487 g/mol. The molecule has 8 heteroatoms. The van der Waals surface area contributed by atoms with E-state index in [1.54, 1.807) is 12.1 Å². The van der Waals surface area contributed by atoms with Gasteiger partial charge in [0.2, 0.25) is 21.8 Å². The van der Waals surface area contributed by atoms with E-state index >= 15 is 0 Å². The van der Waals surface area contributed by atoms with Gasteiger partial charge in [0.15, 0.2) is 0 Å². The smallest absolute Gasteiger partial charge is 0.244 e. The van der Waals surface area contributed by atoms with E-state index in [1.165, 1.54) is 4.90 Å². The van der Waals surface area contributed by atoms with E-state index in [1.807, 2.05) is 64.1 Å². The summed E-state index contributed by atoms with van der Waals surface area (Å²) < 4.78 is 26.6. The summed E-state index contributed by atoms with van der Waals surface area (Å²) in [5, 5.41) is 2.88. The number of sulfonamides is 1. The molecular formula is C26H37N3O4S. The molecule has 0 aliphatic carbocycles. The lowest BCUT2D eigenvalue weighted by atomic mass is 10.1. The number of hydrogen-bond donors (Lipinski definition) is 1. The first-order valence-corrected chi connectivity index (χ1v) is 13.6. The fraction of sp³-hybridized carbons (Fsp3) is 0.462. The van der Waals surface area contributed by atoms with E-state index in [4.69, 9.17) is 0 Å². The van der Waals surface area contributed by atoms with Crippen LogP contribution in [0.5, 0.6) is 0 Å². The molecule has 0 bridgehead atoms. The lowest BCUT2D eigenvalue weighted by Gasteiger charge is -2.33. The first-order valence-electron chi connectivity index (χ1n) is 11.7. The predicted octanol–water partition coefficient (Wildman–Crippen LogP) is 3.45. The minimum atomic E-state index is -3.73. The Morgan fingerprint density at radius 3 is 2.26 bits per heavy atom. The Morgan fingerprint density at radius 1 is 1.00 bits per heavy atom. The molecule has 0 fully saturated rings. The van der Waals surface area contributed by atoms with Gasteiger partial charge in [-0.15, -0.1) is 0 Å². The van der Waals surface area contributed by atoms with Crippen LogP contribution in [0.25, 0.3) is 0 Å². The highest BCUT2D eigenvalue weighted by molar-refractivity contribution is 7.92. The maximum absolute atomic E-state index is 13.6. The van der Waals surface area contributed by atoms with Crippen molar-refractivity contribution in [3.63, 3.8) is 0 Å². The molecule has 0 spiro atoms. The van der Waals surface area contributed by atoms with E-state index in [0.29, 0.717) is 31.6 Å². The van der Waals surface area contributed by atoms with Crippen molar-refractivity contribution < 1.29 is 18.0 Å². The zero-order valence-corrected chi connectivity index (χ0v) is 21.7. The van der Waals surface area contributed by atoms with Gasteiger partial charge in [0.25, 0.3) is 0 Å². The number of amides is 2. The Labute approximate surface area is 204 Å². The van der Waals surface area contributed by atoms with Gasteiger partial charge in [-0.05, 0) is 55.9 Å². The van der Waals surface area contributed by atoms with Crippen molar-refractivity contribution >= 4 is 27.5 Å². The highest BCUT2D eigenvalue weighted by Gasteiger charge is 2.31. The molecule has 0 saturated heterocycles. The molecule has 7 nitrogen and oxygen atoms in total. The van der Waals surface area contributed by atoms with Gasteiger partial charge < -0.3 is 10.2 Å². The Hall–Kier alpha value is -2.87. The van der Waals surface area contributed by atoms with Gasteiger partial charge in [0, 0.05) is 13.1 Å². The summed E-state index contributed by atoms with van der Waals surface area (Å²) in [4.78, 5) is 28.0. The third-order valence-electron chi connectivity index (χ3n) is 5.94. The van der Waals surface area contributed by atoms with Crippen molar-refractivity contribution in [1.29, 1.82) is 0 Å². The molecule has 0 radical (unpaired) electrons. The second-order valence-corrected chi connectivity index (χ2v) is 10.4. The molecule has 1 unspecified atom stereocenters. The predicted molar refractivity (Wildman–Crippen MR) is 137 cm³/mol. The van der Waals surface area contributed by atoms with E-state index in [9.17, 15) is 18.0 Å². The summed E-state index contributed by atoms with van der Waals surface area (Å²) in [7, 11) is -3.73. The quantitative estimate of drug-likeness (QED) is 0.497. The number of benzene rings is 2. The Balaban J connectivity index is 2.38. The zero-order chi connectivity index (χ0) is 25.3. The third kappa shape index (κ3) is 7.32. The molecule has 2 rings (SSSR count).